The zero-order valence-corrected chi connectivity index (χ0v) is 15.9. The number of fused-ring (bicyclic) bond motifs is 1. The number of thiophene rings is 1. The highest BCUT2D eigenvalue weighted by Crippen LogP contribution is 2.21. The number of alkyl halides is 3. The average molecular weight is 405 g/mol. The zero-order chi connectivity index (χ0) is 20.0. The Morgan fingerprint density at radius 1 is 1.41 bits per heavy atom. The molecule has 1 unspecified atom stereocenters. The molecule has 2 aromatic rings. The lowest BCUT2D eigenvalue weighted by Crippen LogP contribution is -2.29. The van der Waals surface area contributed by atoms with Crippen LogP contribution < -0.4 is 0 Å². The van der Waals surface area contributed by atoms with Crippen LogP contribution in [0.2, 0.25) is 0 Å². The van der Waals surface area contributed by atoms with E-state index < -0.39 is 12.1 Å². The van der Waals surface area contributed by atoms with Crippen LogP contribution in [0.4, 0.5) is 13.2 Å². The van der Waals surface area contributed by atoms with Crippen LogP contribution in [0, 0.1) is 12.8 Å². The van der Waals surface area contributed by atoms with Gasteiger partial charge in [-0.15, -0.1) is 11.3 Å². The highest BCUT2D eigenvalue weighted by molar-refractivity contribution is 7.11. The van der Waals surface area contributed by atoms with Crippen LogP contribution in [-0.2, 0) is 29.2 Å². The van der Waals surface area contributed by atoms with Gasteiger partial charge in [0.1, 0.15) is 5.82 Å². The molecule has 0 aromatic carbocycles. The summed E-state index contributed by atoms with van der Waals surface area (Å²) in [5.74, 6) is -1.07. The van der Waals surface area contributed by atoms with E-state index in [4.69, 9.17) is 14.6 Å². The molecule has 1 aliphatic heterocycles. The molecule has 1 aliphatic rings. The SMILES string of the molecule is COCC1CN(Cc2ccc(C)s2)Cc2nccn2C1.O=C(O)C(F)(F)F. The summed E-state index contributed by atoms with van der Waals surface area (Å²) >= 11 is 1.89. The second-order valence-electron chi connectivity index (χ2n) is 6.30. The van der Waals surface area contributed by atoms with Crippen LogP contribution >= 0.6 is 11.3 Å². The van der Waals surface area contributed by atoms with Crippen molar-refractivity contribution in [3.05, 3.63) is 40.1 Å². The number of rotatable bonds is 4. The smallest absolute Gasteiger partial charge is 0.475 e. The van der Waals surface area contributed by atoms with Gasteiger partial charge in [-0.25, -0.2) is 9.78 Å². The lowest BCUT2D eigenvalue weighted by atomic mass is 10.1. The van der Waals surface area contributed by atoms with E-state index in [1.165, 1.54) is 9.75 Å². The Hall–Kier alpha value is -1.91. The van der Waals surface area contributed by atoms with E-state index in [1.54, 1.807) is 7.11 Å². The van der Waals surface area contributed by atoms with Gasteiger partial charge >= 0.3 is 12.1 Å². The van der Waals surface area contributed by atoms with Gasteiger partial charge in [-0.2, -0.15) is 13.2 Å². The monoisotopic (exact) mass is 405 g/mol. The normalized spacial score (nSPS) is 17.6. The Morgan fingerprint density at radius 2 is 2.11 bits per heavy atom. The number of ether oxygens (including phenoxy) is 1. The molecule has 3 heterocycles. The predicted octanol–water partition coefficient (Wildman–Crippen LogP) is 3.16. The molecule has 1 atom stereocenters. The number of hydrogen-bond donors (Lipinski definition) is 1. The first-order valence-corrected chi connectivity index (χ1v) is 9.07. The molecular formula is C17H22F3N3O3S. The number of methoxy groups -OCH3 is 1. The van der Waals surface area contributed by atoms with Gasteiger partial charge in [-0.3, -0.25) is 4.90 Å². The molecular weight excluding hydrogens is 383 g/mol. The van der Waals surface area contributed by atoms with Gasteiger partial charge in [0.05, 0.1) is 13.2 Å². The van der Waals surface area contributed by atoms with Crippen molar-refractivity contribution in [1.29, 1.82) is 0 Å². The molecule has 2 aromatic heterocycles. The summed E-state index contributed by atoms with van der Waals surface area (Å²) in [5, 5.41) is 7.12. The van der Waals surface area contributed by atoms with Gasteiger partial charge in [0.25, 0.3) is 0 Å². The van der Waals surface area contributed by atoms with Crippen molar-refractivity contribution >= 4 is 17.3 Å². The minimum absolute atomic E-state index is 0.525. The van der Waals surface area contributed by atoms with E-state index in [2.05, 4.69) is 39.7 Å². The summed E-state index contributed by atoms with van der Waals surface area (Å²) in [4.78, 5) is 18.7. The average Bonchev–Trinajstić information content (AvgIpc) is 3.13. The third-order valence-electron chi connectivity index (χ3n) is 3.96. The number of imidazole rings is 1. The number of aryl methyl sites for hydroxylation is 1. The first kappa shape index (κ1) is 21.4. The van der Waals surface area contributed by atoms with Crippen molar-refractivity contribution in [2.45, 2.75) is 32.7 Å². The third kappa shape index (κ3) is 6.64. The maximum absolute atomic E-state index is 10.6. The van der Waals surface area contributed by atoms with Gasteiger partial charge < -0.3 is 14.4 Å². The van der Waals surface area contributed by atoms with Crippen LogP contribution in [0.3, 0.4) is 0 Å². The van der Waals surface area contributed by atoms with Crippen molar-refractivity contribution in [2.24, 2.45) is 5.92 Å². The molecule has 150 valence electrons. The van der Waals surface area contributed by atoms with Gasteiger partial charge in [0.15, 0.2) is 0 Å². The number of carboxylic acid groups (broad SMARTS) is 1. The summed E-state index contributed by atoms with van der Waals surface area (Å²) in [7, 11) is 1.78. The molecule has 1 N–H and O–H groups in total. The molecule has 0 spiro atoms. The molecule has 3 rings (SSSR count). The van der Waals surface area contributed by atoms with Gasteiger partial charge in [-0.1, -0.05) is 0 Å². The summed E-state index contributed by atoms with van der Waals surface area (Å²) in [6.45, 7) is 6.96. The number of carboxylic acids is 1. The summed E-state index contributed by atoms with van der Waals surface area (Å²) in [6.07, 6.45) is -1.10. The largest absolute Gasteiger partial charge is 0.490 e. The fourth-order valence-electron chi connectivity index (χ4n) is 2.88. The number of aromatic nitrogens is 2. The van der Waals surface area contributed by atoms with Crippen LogP contribution in [-0.4, -0.2) is 52.0 Å². The maximum Gasteiger partial charge on any atom is 0.490 e. The Balaban J connectivity index is 0.000000321. The Bertz CT molecular complexity index is 745. The van der Waals surface area contributed by atoms with Crippen molar-refractivity contribution in [3.8, 4) is 0 Å². The van der Waals surface area contributed by atoms with Crippen LogP contribution in [0.5, 0.6) is 0 Å². The fraction of sp³-hybridized carbons (Fsp3) is 0.529. The minimum atomic E-state index is -5.08. The zero-order valence-electron chi connectivity index (χ0n) is 15.1. The maximum atomic E-state index is 10.6. The van der Waals surface area contributed by atoms with Crippen molar-refractivity contribution in [1.82, 2.24) is 14.5 Å². The van der Waals surface area contributed by atoms with E-state index in [9.17, 15) is 13.2 Å². The summed E-state index contributed by atoms with van der Waals surface area (Å²) in [6, 6.07) is 4.44. The van der Waals surface area contributed by atoms with Crippen molar-refractivity contribution in [2.75, 3.05) is 20.3 Å². The molecule has 0 aliphatic carbocycles. The van der Waals surface area contributed by atoms with Gasteiger partial charge in [0, 0.05) is 54.8 Å². The minimum Gasteiger partial charge on any atom is -0.475 e. The standard InChI is InChI=1S/C15H21N3OS.C2HF3O2/c1-12-3-4-14(20-12)9-17-7-13(11-19-2)8-18-6-5-16-15(18)10-17;3-2(4,5)1(6)7/h3-6,13H,7-11H2,1-2H3;(H,6,7). The number of carbonyl (C=O) groups is 1. The fourth-order valence-corrected chi connectivity index (χ4v) is 3.81. The number of hydrogen-bond acceptors (Lipinski definition) is 5. The van der Waals surface area contributed by atoms with Gasteiger partial charge in [-0.05, 0) is 19.1 Å². The molecule has 27 heavy (non-hydrogen) atoms. The van der Waals surface area contributed by atoms with E-state index in [0.717, 1.165) is 38.6 Å². The van der Waals surface area contributed by atoms with E-state index in [1.807, 2.05) is 17.5 Å². The first-order valence-electron chi connectivity index (χ1n) is 8.25. The highest BCUT2D eigenvalue weighted by Gasteiger charge is 2.38. The number of nitrogens with zero attached hydrogens (tertiary/aromatic N) is 3. The van der Waals surface area contributed by atoms with E-state index in [-0.39, 0.29) is 0 Å². The molecule has 0 fully saturated rings. The van der Waals surface area contributed by atoms with E-state index in [0.29, 0.717) is 5.92 Å². The molecule has 0 bridgehead atoms. The topological polar surface area (TPSA) is 67.6 Å². The summed E-state index contributed by atoms with van der Waals surface area (Å²) in [5.41, 5.74) is 0. The van der Waals surface area contributed by atoms with E-state index >= 15 is 0 Å². The first-order chi connectivity index (χ1) is 12.7. The van der Waals surface area contributed by atoms with Crippen LogP contribution in [0.1, 0.15) is 15.6 Å². The third-order valence-corrected chi connectivity index (χ3v) is 4.94. The quantitative estimate of drug-likeness (QED) is 0.846. The number of halogens is 3. The molecule has 6 nitrogen and oxygen atoms in total. The molecule has 0 radical (unpaired) electrons. The van der Waals surface area contributed by atoms with Crippen LogP contribution in [0.15, 0.2) is 24.5 Å². The second-order valence-corrected chi connectivity index (χ2v) is 7.67. The predicted molar refractivity (Wildman–Crippen MR) is 94.5 cm³/mol. The highest BCUT2D eigenvalue weighted by atomic mass is 32.1. The Morgan fingerprint density at radius 3 is 2.67 bits per heavy atom. The molecule has 10 heteroatoms. The lowest BCUT2D eigenvalue weighted by Gasteiger charge is -2.22. The second kappa shape index (κ2) is 9.34. The molecule has 0 saturated carbocycles. The van der Waals surface area contributed by atoms with Crippen LogP contribution in [0.25, 0.3) is 0 Å². The Labute approximate surface area is 159 Å². The molecule has 0 amide bonds. The summed E-state index contributed by atoms with van der Waals surface area (Å²) < 4.78 is 39.4. The Kier molecular flexibility index (Phi) is 7.40. The number of aliphatic carboxylic acids is 1. The van der Waals surface area contributed by atoms with Crippen molar-refractivity contribution in [3.63, 3.8) is 0 Å². The van der Waals surface area contributed by atoms with Gasteiger partial charge in [0.2, 0.25) is 0 Å². The lowest BCUT2D eigenvalue weighted by molar-refractivity contribution is -0.192. The van der Waals surface area contributed by atoms with Crippen molar-refractivity contribution < 1.29 is 27.8 Å². The molecule has 0 saturated heterocycles.